The van der Waals surface area contributed by atoms with Crippen LogP contribution in [0.1, 0.15) is 12.8 Å². The highest BCUT2D eigenvalue weighted by Gasteiger charge is 1.85. The molecule has 0 aliphatic heterocycles. The first-order valence-corrected chi connectivity index (χ1v) is 3.33. The van der Waals surface area contributed by atoms with Crippen LogP contribution >= 0.6 is 12.2 Å². The predicted octanol–water partition coefficient (Wildman–Crippen LogP) is 1.33. The van der Waals surface area contributed by atoms with Gasteiger partial charge in [0.05, 0.1) is 0 Å². The summed E-state index contributed by atoms with van der Waals surface area (Å²) >= 11 is 4.66. The zero-order valence-electron chi connectivity index (χ0n) is 5.55. The largest absolute Gasteiger partial charge is 0.309 e. The molecule has 0 aromatic carbocycles. The summed E-state index contributed by atoms with van der Waals surface area (Å²) in [6.45, 7) is 1.15. The third kappa shape index (κ3) is 6.05. The van der Waals surface area contributed by atoms with Gasteiger partial charge in [0.1, 0.15) is 0 Å². The van der Waals surface area contributed by atoms with Crippen molar-refractivity contribution >= 4 is 17.6 Å². The zero-order valence-corrected chi connectivity index (χ0v) is 6.37. The summed E-state index contributed by atoms with van der Waals surface area (Å²) in [5, 5.41) is 1.80. The summed E-state index contributed by atoms with van der Waals surface area (Å²) in [7, 11) is 4.15. The molecule has 0 heterocycles. The molecule has 0 N–H and O–H groups in total. The van der Waals surface area contributed by atoms with Crippen LogP contribution in [-0.2, 0) is 0 Å². The van der Waals surface area contributed by atoms with Gasteiger partial charge in [0.2, 0.25) is 0 Å². The Bertz CT molecular complexity index is 61.5. The minimum atomic E-state index is 1.06. The van der Waals surface area contributed by atoms with Crippen molar-refractivity contribution in [1.29, 1.82) is 0 Å². The van der Waals surface area contributed by atoms with Crippen molar-refractivity contribution in [3.8, 4) is 0 Å². The monoisotopic (exact) mass is 131 g/mol. The molecule has 0 spiro atoms. The van der Waals surface area contributed by atoms with Gasteiger partial charge in [0.15, 0.2) is 0 Å². The van der Waals surface area contributed by atoms with Crippen LogP contribution in [0.3, 0.4) is 0 Å². The van der Waals surface area contributed by atoms with Crippen molar-refractivity contribution in [2.75, 3.05) is 20.6 Å². The molecule has 0 radical (unpaired) electrons. The van der Waals surface area contributed by atoms with Gasteiger partial charge in [-0.05, 0) is 38.8 Å². The van der Waals surface area contributed by atoms with Gasteiger partial charge in [-0.1, -0.05) is 12.2 Å². The Balaban J connectivity index is 2.81. The summed E-state index contributed by atoms with van der Waals surface area (Å²) in [6.07, 6.45) is 2.25. The smallest absolute Gasteiger partial charge is 0.00216 e. The molecule has 48 valence electrons. The van der Waals surface area contributed by atoms with Crippen molar-refractivity contribution in [2.24, 2.45) is 0 Å². The van der Waals surface area contributed by atoms with E-state index in [1.54, 1.807) is 5.37 Å². The van der Waals surface area contributed by atoms with E-state index in [4.69, 9.17) is 0 Å². The minimum absolute atomic E-state index is 1.06. The fourth-order valence-electron chi connectivity index (χ4n) is 0.491. The molecule has 0 aliphatic rings. The first-order chi connectivity index (χ1) is 3.77. The number of thiocarbonyl (C=S) groups is 1. The Hall–Kier alpha value is 0.0500. The highest BCUT2D eigenvalue weighted by atomic mass is 32.1. The highest BCUT2D eigenvalue weighted by molar-refractivity contribution is 7.78. The summed E-state index contributed by atoms with van der Waals surface area (Å²) in [4.78, 5) is 2.17. The molecule has 0 fully saturated rings. The van der Waals surface area contributed by atoms with Gasteiger partial charge in [0, 0.05) is 0 Å². The topological polar surface area (TPSA) is 3.24 Å². The zero-order chi connectivity index (χ0) is 6.41. The number of nitrogens with zero attached hydrogens (tertiary/aromatic N) is 1. The molecular formula is C6H13NS. The van der Waals surface area contributed by atoms with Gasteiger partial charge in [-0.15, -0.1) is 0 Å². The van der Waals surface area contributed by atoms with E-state index in [1.165, 1.54) is 6.42 Å². The molecule has 0 saturated heterocycles. The third-order valence-electron chi connectivity index (χ3n) is 0.927. The molecule has 0 aromatic rings. The van der Waals surface area contributed by atoms with Crippen molar-refractivity contribution in [1.82, 2.24) is 4.90 Å². The molecule has 2 heteroatoms. The van der Waals surface area contributed by atoms with Gasteiger partial charge < -0.3 is 4.90 Å². The highest BCUT2D eigenvalue weighted by Crippen LogP contribution is 1.86. The summed E-state index contributed by atoms with van der Waals surface area (Å²) < 4.78 is 0. The van der Waals surface area contributed by atoms with Crippen LogP contribution in [0.5, 0.6) is 0 Å². The van der Waals surface area contributed by atoms with E-state index in [2.05, 4.69) is 31.2 Å². The Kier molecular flexibility index (Phi) is 5.22. The summed E-state index contributed by atoms with van der Waals surface area (Å²) in [5.74, 6) is 0. The maximum Gasteiger partial charge on any atom is -0.00216 e. The average molecular weight is 131 g/mol. The van der Waals surface area contributed by atoms with E-state index in [0.717, 1.165) is 13.0 Å². The maximum atomic E-state index is 4.66. The molecule has 0 unspecified atom stereocenters. The molecule has 0 bridgehead atoms. The Morgan fingerprint density at radius 3 is 2.50 bits per heavy atom. The van der Waals surface area contributed by atoms with Crippen LogP contribution < -0.4 is 0 Å². The van der Waals surface area contributed by atoms with Crippen molar-refractivity contribution in [3.05, 3.63) is 0 Å². The summed E-state index contributed by atoms with van der Waals surface area (Å²) in [6, 6.07) is 0. The van der Waals surface area contributed by atoms with Crippen molar-refractivity contribution in [2.45, 2.75) is 12.8 Å². The van der Waals surface area contributed by atoms with Crippen LogP contribution in [0.25, 0.3) is 0 Å². The molecule has 0 aliphatic carbocycles. The van der Waals surface area contributed by atoms with Crippen LogP contribution in [0.2, 0.25) is 0 Å². The van der Waals surface area contributed by atoms with Crippen LogP contribution in [0, 0.1) is 0 Å². The summed E-state index contributed by atoms with van der Waals surface area (Å²) in [5.41, 5.74) is 0. The van der Waals surface area contributed by atoms with Gasteiger partial charge in [0.25, 0.3) is 0 Å². The number of unbranched alkanes of at least 4 members (excludes halogenated alkanes) is 1. The fraction of sp³-hybridized carbons (Fsp3) is 0.833. The first-order valence-electron chi connectivity index (χ1n) is 2.85. The molecule has 8 heavy (non-hydrogen) atoms. The fourth-order valence-corrected chi connectivity index (χ4v) is 0.658. The SMILES string of the molecule is CN(C)CCCC=S. The van der Waals surface area contributed by atoms with Crippen LogP contribution in [-0.4, -0.2) is 30.9 Å². The lowest BCUT2D eigenvalue weighted by Crippen LogP contribution is -2.12. The van der Waals surface area contributed by atoms with Gasteiger partial charge in [-0.25, -0.2) is 0 Å². The van der Waals surface area contributed by atoms with E-state index in [0.29, 0.717) is 0 Å². The van der Waals surface area contributed by atoms with E-state index in [-0.39, 0.29) is 0 Å². The van der Waals surface area contributed by atoms with E-state index >= 15 is 0 Å². The third-order valence-corrected chi connectivity index (χ3v) is 1.16. The Labute approximate surface area is 56.7 Å². The van der Waals surface area contributed by atoms with Crippen molar-refractivity contribution in [3.63, 3.8) is 0 Å². The molecule has 0 atom stereocenters. The molecular weight excluding hydrogens is 118 g/mol. The van der Waals surface area contributed by atoms with Crippen molar-refractivity contribution < 1.29 is 0 Å². The van der Waals surface area contributed by atoms with E-state index < -0.39 is 0 Å². The standard InChI is InChI=1S/C6H13NS/c1-7(2)5-3-4-6-8/h6H,3-5H2,1-2H3. The second kappa shape index (κ2) is 5.19. The van der Waals surface area contributed by atoms with Gasteiger partial charge >= 0.3 is 0 Å². The quantitative estimate of drug-likeness (QED) is 0.418. The second-order valence-electron chi connectivity index (χ2n) is 2.11. The average Bonchev–Trinajstić information content (AvgIpc) is 1.66. The molecule has 0 rings (SSSR count). The Morgan fingerprint density at radius 1 is 1.50 bits per heavy atom. The minimum Gasteiger partial charge on any atom is -0.309 e. The van der Waals surface area contributed by atoms with E-state index in [9.17, 15) is 0 Å². The van der Waals surface area contributed by atoms with Crippen LogP contribution in [0.4, 0.5) is 0 Å². The maximum absolute atomic E-state index is 4.66. The predicted molar refractivity (Wildman–Crippen MR) is 41.4 cm³/mol. The van der Waals surface area contributed by atoms with Crippen LogP contribution in [0.15, 0.2) is 0 Å². The lowest BCUT2D eigenvalue weighted by molar-refractivity contribution is 0.404. The van der Waals surface area contributed by atoms with Gasteiger partial charge in [-0.3, -0.25) is 0 Å². The second-order valence-corrected chi connectivity index (χ2v) is 2.45. The molecule has 0 saturated carbocycles. The van der Waals surface area contributed by atoms with Gasteiger partial charge in [-0.2, -0.15) is 0 Å². The molecule has 1 nitrogen and oxygen atoms in total. The number of hydrogen-bond acceptors (Lipinski definition) is 2. The normalized spacial score (nSPS) is 9.88. The Morgan fingerprint density at radius 2 is 2.12 bits per heavy atom. The molecule has 0 aromatic heterocycles. The lowest BCUT2D eigenvalue weighted by Gasteiger charge is -2.05. The van der Waals surface area contributed by atoms with E-state index in [1.807, 2.05) is 0 Å². The number of hydrogen-bond donors (Lipinski definition) is 0. The lowest BCUT2D eigenvalue weighted by atomic mass is 10.3. The first kappa shape index (κ1) is 8.05. The molecule has 0 amide bonds. The number of rotatable bonds is 4.